The van der Waals surface area contributed by atoms with Crippen LogP contribution < -0.4 is 5.32 Å². The van der Waals surface area contributed by atoms with Crippen LogP contribution in [0.2, 0.25) is 0 Å². The van der Waals surface area contributed by atoms with Crippen LogP contribution in [0.1, 0.15) is 43.6 Å². The molecule has 0 radical (unpaired) electrons. The zero-order valence-corrected chi connectivity index (χ0v) is 12.1. The second kappa shape index (κ2) is 4.45. The average Bonchev–Trinajstić information content (AvgIpc) is 2.78. The predicted molar refractivity (Wildman–Crippen MR) is 73.5 cm³/mol. The minimum absolute atomic E-state index is 0.0460. The van der Waals surface area contributed by atoms with E-state index in [4.69, 9.17) is 0 Å². The number of aromatic nitrogens is 1. The van der Waals surface area contributed by atoms with Crippen molar-refractivity contribution >= 4 is 5.91 Å². The molecule has 3 heteroatoms. The fourth-order valence-corrected chi connectivity index (χ4v) is 2.96. The first-order valence-electron chi connectivity index (χ1n) is 6.78. The van der Waals surface area contributed by atoms with Crippen molar-refractivity contribution in [3.05, 3.63) is 23.0 Å². The number of carbonyl (C=O) groups excluding carboxylic acids is 1. The summed E-state index contributed by atoms with van der Waals surface area (Å²) in [6.45, 7) is 8.70. The molecule has 2 rings (SSSR count). The van der Waals surface area contributed by atoms with Crippen molar-refractivity contribution in [2.45, 2.75) is 52.5 Å². The predicted octanol–water partition coefficient (Wildman–Crippen LogP) is 2.49. The van der Waals surface area contributed by atoms with Gasteiger partial charge in [0.2, 0.25) is 5.91 Å². The van der Waals surface area contributed by atoms with Crippen LogP contribution in [0, 0.1) is 19.8 Å². The van der Waals surface area contributed by atoms with Gasteiger partial charge in [-0.2, -0.15) is 0 Å². The minimum Gasteiger partial charge on any atom is -0.352 e. The molecule has 1 N–H and O–H groups in total. The van der Waals surface area contributed by atoms with E-state index in [1.807, 2.05) is 0 Å². The third-order valence-electron chi connectivity index (χ3n) is 4.68. The molecule has 100 valence electrons. The third-order valence-corrected chi connectivity index (χ3v) is 4.68. The van der Waals surface area contributed by atoms with E-state index in [1.54, 1.807) is 0 Å². The summed E-state index contributed by atoms with van der Waals surface area (Å²) in [7, 11) is 2.10. The molecule has 1 saturated heterocycles. The summed E-state index contributed by atoms with van der Waals surface area (Å²) in [4.78, 5) is 11.6. The lowest BCUT2D eigenvalue weighted by Crippen LogP contribution is -2.48. The van der Waals surface area contributed by atoms with Crippen molar-refractivity contribution in [3.63, 3.8) is 0 Å². The van der Waals surface area contributed by atoms with Gasteiger partial charge in [0.25, 0.3) is 0 Å². The normalized spacial score (nSPS) is 23.8. The zero-order valence-electron chi connectivity index (χ0n) is 12.1. The van der Waals surface area contributed by atoms with E-state index < -0.39 is 0 Å². The fourth-order valence-electron chi connectivity index (χ4n) is 2.96. The van der Waals surface area contributed by atoms with E-state index in [-0.39, 0.29) is 11.4 Å². The molecule has 0 bridgehead atoms. The Labute approximate surface area is 110 Å². The molecule has 1 aliphatic heterocycles. The number of hydrogen-bond donors (Lipinski definition) is 1. The summed E-state index contributed by atoms with van der Waals surface area (Å²) in [6.07, 6.45) is 2.57. The summed E-state index contributed by atoms with van der Waals surface area (Å²) in [5.41, 5.74) is 3.92. The van der Waals surface area contributed by atoms with Gasteiger partial charge in [-0.15, -0.1) is 0 Å². The highest BCUT2D eigenvalue weighted by atomic mass is 16.2. The Kier molecular flexibility index (Phi) is 3.26. The van der Waals surface area contributed by atoms with Crippen LogP contribution in [-0.2, 0) is 18.3 Å². The quantitative estimate of drug-likeness (QED) is 0.876. The lowest BCUT2D eigenvalue weighted by atomic mass is 9.80. The molecule has 1 aromatic heterocycles. The van der Waals surface area contributed by atoms with Gasteiger partial charge >= 0.3 is 0 Å². The second-order valence-corrected chi connectivity index (χ2v) is 5.99. The van der Waals surface area contributed by atoms with E-state index in [0.717, 1.165) is 12.8 Å². The Morgan fingerprint density at radius 2 is 2.11 bits per heavy atom. The smallest absolute Gasteiger partial charge is 0.220 e. The Morgan fingerprint density at radius 3 is 2.50 bits per heavy atom. The molecule has 1 fully saturated rings. The maximum atomic E-state index is 11.6. The van der Waals surface area contributed by atoms with Crippen LogP contribution in [0.5, 0.6) is 0 Å². The first kappa shape index (κ1) is 13.2. The van der Waals surface area contributed by atoms with Gasteiger partial charge < -0.3 is 9.88 Å². The monoisotopic (exact) mass is 248 g/mol. The van der Waals surface area contributed by atoms with Crippen LogP contribution in [0.25, 0.3) is 0 Å². The van der Waals surface area contributed by atoms with E-state index in [0.29, 0.717) is 12.3 Å². The summed E-state index contributed by atoms with van der Waals surface area (Å²) < 4.78 is 2.22. The van der Waals surface area contributed by atoms with Gasteiger partial charge in [-0.1, -0.05) is 13.8 Å². The van der Waals surface area contributed by atoms with Crippen molar-refractivity contribution in [2.24, 2.45) is 13.0 Å². The van der Waals surface area contributed by atoms with Crippen LogP contribution in [0.3, 0.4) is 0 Å². The molecule has 1 aliphatic rings. The highest BCUT2D eigenvalue weighted by Crippen LogP contribution is 2.33. The lowest BCUT2D eigenvalue weighted by molar-refractivity contribution is -0.120. The zero-order chi connectivity index (χ0) is 13.5. The molecular formula is C15H24N2O. The molecule has 1 unspecified atom stereocenters. The fraction of sp³-hybridized carbons (Fsp3) is 0.667. The van der Waals surface area contributed by atoms with Gasteiger partial charge in [-0.25, -0.2) is 0 Å². The van der Waals surface area contributed by atoms with Gasteiger partial charge in [-0.3, -0.25) is 4.79 Å². The number of amides is 1. The molecular weight excluding hydrogens is 224 g/mol. The van der Waals surface area contributed by atoms with Gasteiger partial charge in [0, 0.05) is 30.4 Å². The van der Waals surface area contributed by atoms with Crippen molar-refractivity contribution in [1.29, 1.82) is 0 Å². The lowest BCUT2D eigenvalue weighted by Gasteiger charge is -2.33. The number of nitrogens with one attached hydrogen (secondary N) is 1. The number of carbonyl (C=O) groups is 1. The van der Waals surface area contributed by atoms with Crippen LogP contribution in [-0.4, -0.2) is 16.0 Å². The Bertz CT molecular complexity index is 473. The molecule has 0 saturated carbocycles. The van der Waals surface area contributed by atoms with Crippen molar-refractivity contribution in [3.8, 4) is 0 Å². The maximum Gasteiger partial charge on any atom is 0.220 e. The molecule has 0 aromatic carbocycles. The van der Waals surface area contributed by atoms with E-state index >= 15 is 0 Å². The number of hydrogen-bond acceptors (Lipinski definition) is 1. The second-order valence-electron chi connectivity index (χ2n) is 5.99. The Balaban J connectivity index is 2.30. The Morgan fingerprint density at radius 1 is 1.44 bits per heavy atom. The van der Waals surface area contributed by atoms with E-state index in [9.17, 15) is 4.79 Å². The van der Waals surface area contributed by atoms with E-state index in [1.165, 1.54) is 17.0 Å². The summed E-state index contributed by atoms with van der Waals surface area (Å²) in [6, 6.07) is 2.25. The average molecular weight is 248 g/mol. The maximum absolute atomic E-state index is 11.6. The van der Waals surface area contributed by atoms with Crippen LogP contribution in [0.15, 0.2) is 6.07 Å². The highest BCUT2D eigenvalue weighted by Gasteiger charge is 2.40. The standard InChI is InChI=1S/C15H24N2O/c1-10(2)15(7-6-14(18)16-15)9-13-8-11(3)17(5)12(13)4/h8,10H,6-7,9H2,1-5H3,(H,16,18). The first-order chi connectivity index (χ1) is 8.35. The molecule has 2 heterocycles. The molecule has 0 aliphatic carbocycles. The van der Waals surface area contributed by atoms with E-state index in [2.05, 4.69) is 50.7 Å². The topological polar surface area (TPSA) is 34.0 Å². The number of nitrogens with zero attached hydrogens (tertiary/aromatic N) is 1. The minimum atomic E-state index is -0.0460. The molecule has 1 aromatic rings. The molecule has 1 amide bonds. The third kappa shape index (κ3) is 2.06. The summed E-state index contributed by atoms with van der Waals surface area (Å²) in [5, 5.41) is 3.22. The first-order valence-corrected chi connectivity index (χ1v) is 6.78. The van der Waals surface area contributed by atoms with Gasteiger partial charge in [-0.05, 0) is 44.2 Å². The largest absolute Gasteiger partial charge is 0.352 e. The molecule has 18 heavy (non-hydrogen) atoms. The van der Waals surface area contributed by atoms with Crippen LogP contribution in [0.4, 0.5) is 0 Å². The Hall–Kier alpha value is -1.25. The van der Waals surface area contributed by atoms with Gasteiger partial charge in [0.15, 0.2) is 0 Å². The van der Waals surface area contributed by atoms with Crippen molar-refractivity contribution < 1.29 is 4.79 Å². The van der Waals surface area contributed by atoms with Crippen molar-refractivity contribution in [1.82, 2.24) is 9.88 Å². The molecule has 3 nitrogen and oxygen atoms in total. The molecule has 0 spiro atoms. The van der Waals surface area contributed by atoms with Gasteiger partial charge in [0.05, 0.1) is 0 Å². The van der Waals surface area contributed by atoms with Gasteiger partial charge in [0.1, 0.15) is 0 Å². The number of rotatable bonds is 3. The van der Waals surface area contributed by atoms with Crippen molar-refractivity contribution in [2.75, 3.05) is 0 Å². The summed E-state index contributed by atoms with van der Waals surface area (Å²) in [5.74, 6) is 0.665. The SMILES string of the molecule is Cc1cc(CC2(C(C)C)CCC(=O)N2)c(C)n1C. The summed E-state index contributed by atoms with van der Waals surface area (Å²) >= 11 is 0. The highest BCUT2D eigenvalue weighted by molar-refractivity contribution is 5.79. The van der Waals surface area contributed by atoms with Crippen LogP contribution >= 0.6 is 0 Å². The molecule has 1 atom stereocenters. The number of aryl methyl sites for hydroxylation is 1.